The third kappa shape index (κ3) is 6.16. The van der Waals surface area contributed by atoms with Crippen molar-refractivity contribution in [3.63, 3.8) is 0 Å². The van der Waals surface area contributed by atoms with Crippen molar-refractivity contribution in [3.8, 4) is 17.2 Å². The van der Waals surface area contributed by atoms with Crippen molar-refractivity contribution in [2.75, 3.05) is 26.1 Å². The number of benzene rings is 2. The maximum absolute atomic E-state index is 12.3. The highest BCUT2D eigenvalue weighted by Crippen LogP contribution is 2.36. The number of hydrogen-bond acceptors (Lipinski definition) is 4. The van der Waals surface area contributed by atoms with Gasteiger partial charge in [-0.2, -0.15) is 0 Å². The molecule has 0 bridgehead atoms. The molecule has 6 heteroatoms. The van der Waals surface area contributed by atoms with Gasteiger partial charge >= 0.3 is 0 Å². The van der Waals surface area contributed by atoms with Gasteiger partial charge in [0.15, 0.2) is 0 Å². The van der Waals surface area contributed by atoms with Crippen molar-refractivity contribution >= 4 is 27.5 Å². The second-order valence-corrected chi connectivity index (χ2v) is 8.32. The van der Waals surface area contributed by atoms with Crippen LogP contribution in [-0.2, 0) is 10.2 Å². The Bertz CT molecular complexity index is 797. The van der Waals surface area contributed by atoms with Crippen LogP contribution in [0.1, 0.15) is 39.2 Å². The Balaban J connectivity index is 1.83. The van der Waals surface area contributed by atoms with Crippen LogP contribution in [0.25, 0.3) is 0 Å². The Hall–Kier alpha value is -2.21. The minimum atomic E-state index is -0.102. The summed E-state index contributed by atoms with van der Waals surface area (Å²) in [5.74, 6) is 1.90. The second kappa shape index (κ2) is 9.82. The molecule has 0 unspecified atom stereocenters. The van der Waals surface area contributed by atoms with Gasteiger partial charge in [0.05, 0.1) is 31.0 Å². The molecule has 0 fully saturated rings. The molecule has 0 aliphatic rings. The quantitative estimate of drug-likeness (QED) is 0.535. The smallest absolute Gasteiger partial charge is 0.224 e. The molecule has 2 aromatic rings. The van der Waals surface area contributed by atoms with Gasteiger partial charge in [0.1, 0.15) is 17.2 Å². The van der Waals surface area contributed by atoms with Crippen LogP contribution in [0, 0.1) is 0 Å². The maximum atomic E-state index is 12.3. The molecule has 0 aromatic heterocycles. The highest BCUT2D eigenvalue weighted by Gasteiger charge is 2.14. The Morgan fingerprint density at radius 3 is 2.25 bits per heavy atom. The second-order valence-electron chi connectivity index (χ2n) is 7.46. The van der Waals surface area contributed by atoms with E-state index in [-0.39, 0.29) is 11.3 Å². The first-order valence-corrected chi connectivity index (χ1v) is 9.98. The summed E-state index contributed by atoms with van der Waals surface area (Å²) in [6, 6.07) is 11.6. The van der Waals surface area contributed by atoms with Gasteiger partial charge < -0.3 is 19.5 Å². The summed E-state index contributed by atoms with van der Waals surface area (Å²) in [5, 5.41) is 2.87. The standard InChI is InChI=1S/C22H28BrNO4/c1-22(2,3)15-8-10-16(11-9-15)28-12-6-7-21(25)24-18-14-19(26-4)17(23)13-20(18)27-5/h8-11,13-14H,6-7,12H2,1-5H3,(H,24,25). The lowest BCUT2D eigenvalue weighted by Gasteiger charge is -2.19. The Kier molecular flexibility index (Phi) is 7.75. The molecule has 28 heavy (non-hydrogen) atoms. The van der Waals surface area contributed by atoms with E-state index >= 15 is 0 Å². The maximum Gasteiger partial charge on any atom is 0.224 e. The van der Waals surface area contributed by atoms with Gasteiger partial charge in [-0.1, -0.05) is 32.9 Å². The number of halogens is 1. The van der Waals surface area contributed by atoms with Crippen molar-refractivity contribution in [3.05, 3.63) is 46.4 Å². The van der Waals surface area contributed by atoms with Crippen LogP contribution < -0.4 is 19.5 Å². The van der Waals surface area contributed by atoms with Crippen molar-refractivity contribution in [1.82, 2.24) is 0 Å². The number of amides is 1. The monoisotopic (exact) mass is 449 g/mol. The zero-order valence-electron chi connectivity index (χ0n) is 17.1. The molecule has 5 nitrogen and oxygen atoms in total. The number of hydrogen-bond donors (Lipinski definition) is 1. The fourth-order valence-electron chi connectivity index (χ4n) is 2.64. The number of carbonyl (C=O) groups excluding carboxylic acids is 1. The Morgan fingerprint density at radius 2 is 1.68 bits per heavy atom. The van der Waals surface area contributed by atoms with E-state index in [1.54, 1.807) is 26.4 Å². The van der Waals surface area contributed by atoms with E-state index in [0.29, 0.717) is 36.6 Å². The molecular weight excluding hydrogens is 422 g/mol. The molecule has 1 N–H and O–H groups in total. The fourth-order valence-corrected chi connectivity index (χ4v) is 3.13. The van der Waals surface area contributed by atoms with E-state index in [9.17, 15) is 4.79 Å². The van der Waals surface area contributed by atoms with Crippen molar-refractivity contribution < 1.29 is 19.0 Å². The summed E-state index contributed by atoms with van der Waals surface area (Å²) in [7, 11) is 3.13. The number of anilines is 1. The molecule has 1 amide bonds. The van der Waals surface area contributed by atoms with Gasteiger partial charge in [-0.15, -0.1) is 0 Å². The van der Waals surface area contributed by atoms with E-state index in [1.807, 2.05) is 12.1 Å². The van der Waals surface area contributed by atoms with Crippen LogP contribution in [0.5, 0.6) is 17.2 Å². The average molecular weight is 450 g/mol. The van der Waals surface area contributed by atoms with E-state index in [0.717, 1.165) is 10.2 Å². The van der Waals surface area contributed by atoms with Gasteiger partial charge in [0, 0.05) is 18.6 Å². The van der Waals surface area contributed by atoms with Crippen molar-refractivity contribution in [2.45, 2.75) is 39.0 Å². The summed E-state index contributed by atoms with van der Waals surface area (Å²) < 4.78 is 17.1. The molecule has 0 atom stereocenters. The molecule has 2 rings (SSSR count). The predicted octanol–water partition coefficient (Wildman–Crippen LogP) is 5.56. The Labute approximate surface area is 175 Å². The number of rotatable bonds is 8. The number of nitrogens with one attached hydrogen (secondary N) is 1. The largest absolute Gasteiger partial charge is 0.495 e. The molecule has 0 aliphatic heterocycles. The summed E-state index contributed by atoms with van der Waals surface area (Å²) in [4.78, 5) is 12.3. The first kappa shape index (κ1) is 22.1. The molecule has 152 valence electrons. The van der Waals surface area contributed by atoms with E-state index < -0.39 is 0 Å². The third-order valence-corrected chi connectivity index (χ3v) is 4.90. The highest BCUT2D eigenvalue weighted by molar-refractivity contribution is 9.10. The van der Waals surface area contributed by atoms with Crippen LogP contribution in [0.2, 0.25) is 0 Å². The van der Waals surface area contributed by atoms with Crippen LogP contribution >= 0.6 is 15.9 Å². The molecule has 0 saturated heterocycles. The summed E-state index contributed by atoms with van der Waals surface area (Å²) >= 11 is 3.40. The molecule has 0 radical (unpaired) electrons. The number of methoxy groups -OCH3 is 2. The summed E-state index contributed by atoms with van der Waals surface area (Å²) in [6.07, 6.45) is 0.963. The third-order valence-electron chi connectivity index (χ3n) is 4.29. The van der Waals surface area contributed by atoms with E-state index in [2.05, 4.69) is 54.2 Å². The van der Waals surface area contributed by atoms with Gasteiger partial charge in [-0.3, -0.25) is 4.79 Å². The molecule has 2 aromatic carbocycles. The van der Waals surface area contributed by atoms with Crippen LogP contribution in [0.4, 0.5) is 5.69 Å². The normalized spacial score (nSPS) is 11.1. The van der Waals surface area contributed by atoms with Crippen molar-refractivity contribution in [2.24, 2.45) is 0 Å². The van der Waals surface area contributed by atoms with E-state index in [1.165, 1.54) is 5.56 Å². The minimum Gasteiger partial charge on any atom is -0.495 e. The number of ether oxygens (including phenoxy) is 3. The van der Waals surface area contributed by atoms with Gasteiger partial charge in [0.2, 0.25) is 5.91 Å². The topological polar surface area (TPSA) is 56.8 Å². The van der Waals surface area contributed by atoms with Gasteiger partial charge in [-0.25, -0.2) is 0 Å². The van der Waals surface area contributed by atoms with Gasteiger partial charge in [-0.05, 0) is 45.5 Å². The first-order chi connectivity index (χ1) is 13.2. The van der Waals surface area contributed by atoms with Crippen LogP contribution in [-0.4, -0.2) is 26.7 Å². The van der Waals surface area contributed by atoms with Crippen LogP contribution in [0.3, 0.4) is 0 Å². The van der Waals surface area contributed by atoms with Gasteiger partial charge in [0.25, 0.3) is 0 Å². The molecule has 0 aliphatic carbocycles. The SMILES string of the molecule is COc1cc(NC(=O)CCCOc2ccc(C(C)(C)C)cc2)c(OC)cc1Br. The molecule has 0 saturated carbocycles. The summed E-state index contributed by atoms with van der Waals surface area (Å²) in [6.45, 7) is 7.01. The minimum absolute atomic E-state index is 0.102. The molecular formula is C22H28BrNO4. The fraction of sp³-hybridized carbons (Fsp3) is 0.409. The lowest BCUT2D eigenvalue weighted by molar-refractivity contribution is -0.116. The molecule has 0 heterocycles. The Morgan fingerprint density at radius 1 is 1.04 bits per heavy atom. The van der Waals surface area contributed by atoms with E-state index in [4.69, 9.17) is 14.2 Å². The predicted molar refractivity (Wildman–Crippen MR) is 116 cm³/mol. The zero-order chi connectivity index (χ0) is 20.7. The molecule has 0 spiro atoms. The summed E-state index contributed by atoms with van der Waals surface area (Å²) in [5.41, 5.74) is 1.96. The lowest BCUT2D eigenvalue weighted by atomic mass is 9.87. The van der Waals surface area contributed by atoms with Crippen LogP contribution in [0.15, 0.2) is 40.9 Å². The first-order valence-electron chi connectivity index (χ1n) is 9.19. The average Bonchev–Trinajstić information content (AvgIpc) is 2.66. The zero-order valence-corrected chi connectivity index (χ0v) is 18.7. The van der Waals surface area contributed by atoms with Crippen molar-refractivity contribution in [1.29, 1.82) is 0 Å². The highest BCUT2D eigenvalue weighted by atomic mass is 79.9. The number of carbonyl (C=O) groups is 1. The lowest BCUT2D eigenvalue weighted by Crippen LogP contribution is -2.14.